The van der Waals surface area contributed by atoms with Gasteiger partial charge >= 0.3 is 35.9 Å². The van der Waals surface area contributed by atoms with Crippen molar-refractivity contribution in [1.29, 1.82) is 0 Å². The predicted molar refractivity (Wildman–Crippen MR) is 107 cm³/mol. The molecule has 0 aliphatic heterocycles. The third-order valence-electron chi connectivity index (χ3n) is 4.54. The first-order valence-electron chi connectivity index (χ1n) is 8.62. The fraction of sp³-hybridized carbons (Fsp3) is 0.333. The van der Waals surface area contributed by atoms with Gasteiger partial charge < -0.3 is 0 Å². The normalized spacial score (nSPS) is 16.9. The van der Waals surface area contributed by atoms with E-state index in [4.69, 9.17) is 23.2 Å². The second-order valence-electron chi connectivity index (χ2n) is 6.94. The van der Waals surface area contributed by atoms with Crippen LogP contribution in [0.5, 0.6) is 0 Å². The number of hydrogen-bond donors (Lipinski definition) is 0. The highest BCUT2D eigenvalue weighted by Gasteiger charge is 2.82. The Kier molecular flexibility index (Phi) is 8.57. The van der Waals surface area contributed by atoms with Crippen LogP contribution in [0.15, 0.2) is 33.2 Å². The lowest BCUT2D eigenvalue weighted by Gasteiger charge is -2.40. The second-order valence-corrected chi connectivity index (χ2v) is 9.58. The lowest BCUT2D eigenvalue weighted by molar-refractivity contribution is -0.489. The molecular formula is C18H4Br2Cl2F14O. The Morgan fingerprint density at radius 1 is 0.541 bits per heavy atom. The van der Waals surface area contributed by atoms with Crippen LogP contribution in [-0.2, 0) is 16.1 Å². The van der Waals surface area contributed by atoms with E-state index in [1.807, 2.05) is 0 Å². The van der Waals surface area contributed by atoms with Crippen LogP contribution in [-0.4, -0.2) is 24.6 Å². The summed E-state index contributed by atoms with van der Waals surface area (Å²) in [6.07, 6.45) is -28.8. The molecule has 0 bridgehead atoms. The molecule has 2 aromatic carbocycles. The fourth-order valence-corrected chi connectivity index (χ4v) is 4.75. The number of alkyl halides is 12. The quantitative estimate of drug-likeness (QED) is 0.269. The number of ether oxygens (including phenoxy) is 1. The lowest BCUT2D eigenvalue weighted by atomic mass is 9.91. The molecule has 19 heteroatoms. The van der Waals surface area contributed by atoms with Gasteiger partial charge in [-0.15, -0.1) is 0 Å². The number of hydrogen-bond acceptors (Lipinski definition) is 1. The summed E-state index contributed by atoms with van der Waals surface area (Å²) in [6, 6.07) is 0.226. The van der Waals surface area contributed by atoms with Crippen LogP contribution in [0.4, 0.5) is 61.5 Å². The van der Waals surface area contributed by atoms with Gasteiger partial charge in [-0.3, -0.25) is 0 Å². The van der Waals surface area contributed by atoms with E-state index in [0.717, 1.165) is 0 Å². The van der Waals surface area contributed by atoms with Gasteiger partial charge in [0, 0.05) is 8.95 Å². The first kappa shape index (κ1) is 32.2. The first-order valence-corrected chi connectivity index (χ1v) is 11.0. The van der Waals surface area contributed by atoms with Crippen LogP contribution in [0, 0.1) is 11.6 Å². The average molecular weight is 733 g/mol. The third-order valence-corrected chi connectivity index (χ3v) is 6.05. The summed E-state index contributed by atoms with van der Waals surface area (Å²) in [6.45, 7) is 0. The largest absolute Gasteiger partial charge is 0.435 e. The van der Waals surface area contributed by atoms with Crippen LogP contribution >= 0.6 is 55.1 Å². The molecular weight excluding hydrogens is 729 g/mol. The lowest BCUT2D eigenvalue weighted by Crippen LogP contribution is -2.62. The molecule has 2 aromatic rings. The summed E-state index contributed by atoms with van der Waals surface area (Å²) >= 11 is 15.3. The molecule has 0 saturated carbocycles. The van der Waals surface area contributed by atoms with Crippen molar-refractivity contribution in [3.8, 4) is 0 Å². The van der Waals surface area contributed by atoms with Crippen molar-refractivity contribution in [3.63, 3.8) is 0 Å². The van der Waals surface area contributed by atoms with Crippen molar-refractivity contribution in [1.82, 2.24) is 0 Å². The van der Waals surface area contributed by atoms with Gasteiger partial charge in [-0.05, 0) is 24.3 Å². The van der Waals surface area contributed by atoms with E-state index in [9.17, 15) is 52.7 Å². The minimum atomic E-state index is -7.26. The number of benzene rings is 2. The molecule has 0 saturated heterocycles. The van der Waals surface area contributed by atoms with Crippen molar-refractivity contribution in [2.75, 3.05) is 0 Å². The molecule has 1 nitrogen and oxygen atoms in total. The molecule has 0 aliphatic carbocycles. The number of halogens is 18. The molecule has 0 aliphatic rings. The Bertz CT molecular complexity index is 1060. The van der Waals surface area contributed by atoms with Gasteiger partial charge in [0.25, 0.3) is 0 Å². The van der Waals surface area contributed by atoms with Crippen LogP contribution in [0.1, 0.15) is 11.1 Å². The highest BCUT2D eigenvalue weighted by molar-refractivity contribution is 9.10. The van der Waals surface area contributed by atoms with Gasteiger partial charge in [0.2, 0.25) is 0 Å². The zero-order valence-corrected chi connectivity index (χ0v) is 21.2. The second kappa shape index (κ2) is 9.86. The minimum absolute atomic E-state index is 0.0817. The molecule has 0 fully saturated rings. The highest BCUT2D eigenvalue weighted by Crippen LogP contribution is 2.61. The van der Waals surface area contributed by atoms with E-state index in [2.05, 4.69) is 36.6 Å². The van der Waals surface area contributed by atoms with Crippen molar-refractivity contribution in [3.05, 3.63) is 66.0 Å². The predicted octanol–water partition coefficient (Wildman–Crippen LogP) is 10.2. The van der Waals surface area contributed by atoms with Gasteiger partial charge in [0.15, 0.2) is 0 Å². The van der Waals surface area contributed by atoms with Gasteiger partial charge in [-0.2, -0.15) is 43.9 Å². The Labute approximate surface area is 222 Å². The fourth-order valence-electron chi connectivity index (χ4n) is 2.95. The maximum absolute atomic E-state index is 15.1. The number of rotatable bonds is 6. The molecule has 0 unspecified atom stereocenters. The molecule has 37 heavy (non-hydrogen) atoms. The molecule has 2 atom stereocenters. The average Bonchev–Trinajstić information content (AvgIpc) is 2.63. The molecule has 208 valence electrons. The molecule has 0 radical (unpaired) electrons. The zero-order valence-electron chi connectivity index (χ0n) is 16.5. The molecule has 0 aromatic heterocycles. The Hall–Kier alpha value is -1.04. The first-order chi connectivity index (χ1) is 16.3. The molecule has 2 rings (SSSR count). The standard InChI is InChI=1S/C18H4Br2Cl2F14O/c19-5-1-7(21)11(9(23)3-5)13(25,15(27,28)29)17(33,34)37-18(35,36)14(26,16(30,31)32)12-8(22)2-6(20)4-10(12)24/h1-4H/t13-,14-/m0/s1. The van der Waals surface area contributed by atoms with Gasteiger partial charge in [0.1, 0.15) is 11.6 Å². The Morgan fingerprint density at radius 2 is 0.811 bits per heavy atom. The zero-order chi connectivity index (χ0) is 29.2. The highest BCUT2D eigenvalue weighted by atomic mass is 79.9. The SMILES string of the molecule is Fc1cc(Br)cc(Cl)c1[C@](F)(C(F)(F)F)C(F)(F)OC(F)(F)[C@](F)(c1c(F)cc(Br)cc1Cl)C(F)(F)F. The van der Waals surface area contributed by atoms with E-state index in [1.165, 1.54) is 0 Å². The van der Waals surface area contributed by atoms with Gasteiger partial charge in [-0.25, -0.2) is 22.3 Å². The maximum atomic E-state index is 15.1. The van der Waals surface area contributed by atoms with Crippen molar-refractivity contribution < 1.29 is 66.2 Å². The van der Waals surface area contributed by atoms with Crippen molar-refractivity contribution in [2.45, 2.75) is 35.9 Å². The molecule has 0 amide bonds. The third kappa shape index (κ3) is 5.26. The summed E-state index contributed by atoms with van der Waals surface area (Å²) in [7, 11) is 0. The van der Waals surface area contributed by atoms with Crippen LogP contribution in [0.3, 0.4) is 0 Å². The summed E-state index contributed by atoms with van der Waals surface area (Å²) < 4.78 is 199. The van der Waals surface area contributed by atoms with E-state index < -0.39 is 77.7 Å². The van der Waals surface area contributed by atoms with E-state index in [0.29, 0.717) is 0 Å². The summed E-state index contributed by atoms with van der Waals surface area (Å²) in [5.41, 5.74) is -19.3. The van der Waals surface area contributed by atoms with Crippen LogP contribution < -0.4 is 0 Å². The Balaban J connectivity index is 2.87. The van der Waals surface area contributed by atoms with Crippen LogP contribution in [0.25, 0.3) is 0 Å². The van der Waals surface area contributed by atoms with Gasteiger partial charge in [-0.1, -0.05) is 55.1 Å². The van der Waals surface area contributed by atoms with E-state index in [-0.39, 0.29) is 24.3 Å². The van der Waals surface area contributed by atoms with Crippen molar-refractivity contribution >= 4 is 55.1 Å². The topological polar surface area (TPSA) is 9.23 Å². The minimum Gasteiger partial charge on any atom is -0.249 e. The molecule has 0 N–H and O–H groups in total. The summed E-state index contributed by atoms with van der Waals surface area (Å²) in [5, 5.41) is -3.63. The summed E-state index contributed by atoms with van der Waals surface area (Å²) in [4.78, 5) is 0. The summed E-state index contributed by atoms with van der Waals surface area (Å²) in [5.74, 6) is -5.09. The van der Waals surface area contributed by atoms with E-state index >= 15 is 8.78 Å². The monoisotopic (exact) mass is 730 g/mol. The maximum Gasteiger partial charge on any atom is 0.435 e. The smallest absolute Gasteiger partial charge is 0.249 e. The molecule has 0 heterocycles. The van der Waals surface area contributed by atoms with Crippen molar-refractivity contribution in [2.24, 2.45) is 0 Å². The van der Waals surface area contributed by atoms with Gasteiger partial charge in [0.05, 0.1) is 21.2 Å². The Morgan fingerprint density at radius 3 is 1.03 bits per heavy atom. The van der Waals surface area contributed by atoms with Crippen LogP contribution in [0.2, 0.25) is 10.0 Å². The molecule has 0 spiro atoms. The van der Waals surface area contributed by atoms with E-state index in [1.54, 1.807) is 0 Å².